The van der Waals surface area contributed by atoms with Crippen LogP contribution in [-0.4, -0.2) is 25.2 Å². The Hall–Kier alpha value is -1.75. The van der Waals surface area contributed by atoms with E-state index in [-0.39, 0.29) is 17.6 Å². The number of primary amides is 1. The highest BCUT2D eigenvalue weighted by molar-refractivity contribution is 5.99. The first-order valence-corrected chi connectivity index (χ1v) is 6.35. The number of benzene rings is 1. The van der Waals surface area contributed by atoms with Gasteiger partial charge in [-0.25, -0.2) is 0 Å². The molecule has 1 aromatic rings. The van der Waals surface area contributed by atoms with Gasteiger partial charge < -0.3 is 21.5 Å². The molecule has 0 spiro atoms. The molecule has 5 nitrogen and oxygen atoms in total. The number of amides is 1. The molecule has 19 heavy (non-hydrogen) atoms. The second-order valence-electron chi connectivity index (χ2n) is 5.65. The maximum atomic E-state index is 11.4. The van der Waals surface area contributed by atoms with Gasteiger partial charge in [0, 0.05) is 29.9 Å². The van der Waals surface area contributed by atoms with Crippen molar-refractivity contribution in [2.75, 3.05) is 18.2 Å². The molecule has 1 aliphatic rings. The van der Waals surface area contributed by atoms with Crippen molar-refractivity contribution in [3.63, 3.8) is 0 Å². The lowest BCUT2D eigenvalue weighted by atomic mass is 9.64. The standard InChI is InChI=1S/C14H21N3O2/c1-14(2)11(7-12(14)19-3)17-10-6-8(15)4-5-9(10)13(16)18/h4-6,11-12,17H,7,15H2,1-3H3,(H2,16,18). The molecular weight excluding hydrogens is 242 g/mol. The lowest BCUT2D eigenvalue weighted by molar-refractivity contribution is -0.0794. The van der Waals surface area contributed by atoms with Crippen molar-refractivity contribution >= 4 is 17.3 Å². The van der Waals surface area contributed by atoms with Crippen LogP contribution in [0, 0.1) is 5.41 Å². The molecule has 5 heteroatoms. The van der Waals surface area contributed by atoms with Gasteiger partial charge >= 0.3 is 0 Å². The topological polar surface area (TPSA) is 90.4 Å². The van der Waals surface area contributed by atoms with E-state index in [1.807, 2.05) is 0 Å². The minimum atomic E-state index is -0.456. The van der Waals surface area contributed by atoms with Crippen molar-refractivity contribution in [2.45, 2.75) is 32.4 Å². The van der Waals surface area contributed by atoms with Gasteiger partial charge in [-0.05, 0) is 24.6 Å². The molecule has 0 bridgehead atoms. The van der Waals surface area contributed by atoms with E-state index >= 15 is 0 Å². The van der Waals surface area contributed by atoms with Crippen molar-refractivity contribution in [3.05, 3.63) is 23.8 Å². The summed E-state index contributed by atoms with van der Waals surface area (Å²) in [5.74, 6) is -0.456. The maximum absolute atomic E-state index is 11.4. The summed E-state index contributed by atoms with van der Waals surface area (Å²) in [5, 5.41) is 3.36. The number of carbonyl (C=O) groups is 1. The Kier molecular flexibility index (Phi) is 3.41. The Balaban J connectivity index is 2.21. The molecule has 104 valence electrons. The van der Waals surface area contributed by atoms with Gasteiger partial charge in [-0.2, -0.15) is 0 Å². The molecule has 2 unspecified atom stereocenters. The molecule has 2 atom stereocenters. The average Bonchev–Trinajstić information content (AvgIpc) is 2.33. The van der Waals surface area contributed by atoms with Crippen LogP contribution in [0.3, 0.4) is 0 Å². The molecule has 1 saturated carbocycles. The van der Waals surface area contributed by atoms with E-state index < -0.39 is 5.91 Å². The highest BCUT2D eigenvalue weighted by Crippen LogP contribution is 2.44. The van der Waals surface area contributed by atoms with E-state index in [9.17, 15) is 4.79 Å². The van der Waals surface area contributed by atoms with E-state index in [0.717, 1.165) is 6.42 Å². The lowest BCUT2D eigenvalue weighted by Gasteiger charge is -2.51. The summed E-state index contributed by atoms with van der Waals surface area (Å²) in [6.07, 6.45) is 1.12. The molecule has 1 amide bonds. The molecule has 0 aromatic heterocycles. The fourth-order valence-corrected chi connectivity index (χ4v) is 2.61. The molecule has 2 rings (SSSR count). The number of nitrogen functional groups attached to an aromatic ring is 1. The fourth-order valence-electron chi connectivity index (χ4n) is 2.61. The molecule has 1 fully saturated rings. The Bertz CT molecular complexity index is 499. The van der Waals surface area contributed by atoms with Gasteiger partial charge in [0.15, 0.2) is 0 Å². The van der Waals surface area contributed by atoms with Gasteiger partial charge in [0.2, 0.25) is 0 Å². The average molecular weight is 263 g/mol. The third-order valence-corrected chi connectivity index (χ3v) is 4.10. The predicted octanol–water partition coefficient (Wildman–Crippen LogP) is 1.59. The largest absolute Gasteiger partial charge is 0.399 e. The van der Waals surface area contributed by atoms with Gasteiger partial charge in [-0.1, -0.05) is 13.8 Å². The molecular formula is C14H21N3O2. The maximum Gasteiger partial charge on any atom is 0.250 e. The first kappa shape index (κ1) is 13.7. The zero-order chi connectivity index (χ0) is 14.2. The summed E-state index contributed by atoms with van der Waals surface area (Å²) in [7, 11) is 1.72. The number of hydrogen-bond donors (Lipinski definition) is 3. The molecule has 5 N–H and O–H groups in total. The summed E-state index contributed by atoms with van der Waals surface area (Å²) in [5.41, 5.74) is 12.9. The van der Waals surface area contributed by atoms with E-state index in [1.165, 1.54) is 0 Å². The smallest absolute Gasteiger partial charge is 0.250 e. The first-order valence-electron chi connectivity index (χ1n) is 6.35. The molecule has 0 heterocycles. The monoisotopic (exact) mass is 263 g/mol. The van der Waals surface area contributed by atoms with Gasteiger partial charge in [-0.15, -0.1) is 0 Å². The van der Waals surface area contributed by atoms with Gasteiger partial charge in [0.1, 0.15) is 0 Å². The number of carbonyl (C=O) groups excluding carboxylic acids is 1. The molecule has 1 aromatic carbocycles. The Labute approximate surface area is 113 Å². The number of ether oxygens (including phenoxy) is 1. The summed E-state index contributed by atoms with van der Waals surface area (Å²) in [4.78, 5) is 11.4. The molecule has 0 radical (unpaired) electrons. The van der Waals surface area contributed by atoms with Crippen LogP contribution in [0.2, 0.25) is 0 Å². The normalized spacial score (nSPS) is 24.6. The Morgan fingerprint density at radius 2 is 2.16 bits per heavy atom. The third kappa shape index (κ3) is 2.38. The Morgan fingerprint density at radius 1 is 1.47 bits per heavy atom. The van der Waals surface area contributed by atoms with E-state index in [0.29, 0.717) is 16.9 Å². The molecule has 0 saturated heterocycles. The number of nitrogens with one attached hydrogen (secondary N) is 1. The summed E-state index contributed by atoms with van der Waals surface area (Å²) in [6.45, 7) is 4.27. The summed E-state index contributed by atoms with van der Waals surface area (Å²) < 4.78 is 5.41. The van der Waals surface area contributed by atoms with Crippen molar-refractivity contribution in [1.29, 1.82) is 0 Å². The first-order chi connectivity index (χ1) is 8.86. The second kappa shape index (κ2) is 4.74. The summed E-state index contributed by atoms with van der Waals surface area (Å²) in [6, 6.07) is 5.31. The van der Waals surface area contributed by atoms with E-state index in [1.54, 1.807) is 25.3 Å². The number of nitrogens with two attached hydrogens (primary N) is 2. The quantitative estimate of drug-likeness (QED) is 0.719. The van der Waals surface area contributed by atoms with Crippen LogP contribution in [0.1, 0.15) is 30.6 Å². The zero-order valence-corrected chi connectivity index (χ0v) is 11.6. The third-order valence-electron chi connectivity index (χ3n) is 4.10. The molecule has 1 aliphatic carbocycles. The van der Waals surface area contributed by atoms with E-state index in [4.69, 9.17) is 16.2 Å². The number of methoxy groups -OCH3 is 1. The van der Waals surface area contributed by atoms with Crippen LogP contribution in [-0.2, 0) is 4.74 Å². The number of rotatable bonds is 4. The van der Waals surface area contributed by atoms with Gasteiger partial charge in [0.05, 0.1) is 11.7 Å². The van der Waals surface area contributed by atoms with Crippen LogP contribution in [0.5, 0.6) is 0 Å². The van der Waals surface area contributed by atoms with Crippen LogP contribution < -0.4 is 16.8 Å². The number of anilines is 2. The van der Waals surface area contributed by atoms with Gasteiger partial charge in [0.25, 0.3) is 5.91 Å². The summed E-state index contributed by atoms with van der Waals surface area (Å²) >= 11 is 0. The highest BCUT2D eigenvalue weighted by Gasteiger charge is 2.48. The highest BCUT2D eigenvalue weighted by atomic mass is 16.5. The van der Waals surface area contributed by atoms with Crippen LogP contribution in [0.25, 0.3) is 0 Å². The minimum absolute atomic E-state index is 0.00820. The second-order valence-corrected chi connectivity index (χ2v) is 5.65. The minimum Gasteiger partial charge on any atom is -0.399 e. The Morgan fingerprint density at radius 3 is 2.68 bits per heavy atom. The van der Waals surface area contributed by atoms with Crippen molar-refractivity contribution in [1.82, 2.24) is 0 Å². The number of hydrogen-bond acceptors (Lipinski definition) is 4. The lowest BCUT2D eigenvalue weighted by Crippen LogP contribution is -2.57. The van der Waals surface area contributed by atoms with Crippen molar-refractivity contribution in [2.24, 2.45) is 11.1 Å². The van der Waals surface area contributed by atoms with E-state index in [2.05, 4.69) is 19.2 Å². The molecule has 0 aliphatic heterocycles. The van der Waals surface area contributed by atoms with Crippen LogP contribution in [0.15, 0.2) is 18.2 Å². The van der Waals surface area contributed by atoms with Crippen LogP contribution >= 0.6 is 0 Å². The van der Waals surface area contributed by atoms with Crippen LogP contribution in [0.4, 0.5) is 11.4 Å². The van der Waals surface area contributed by atoms with Gasteiger partial charge in [-0.3, -0.25) is 4.79 Å². The SMILES string of the molecule is COC1CC(Nc2cc(N)ccc2C(N)=O)C1(C)C. The zero-order valence-electron chi connectivity index (χ0n) is 11.6. The van der Waals surface area contributed by atoms with Crippen molar-refractivity contribution in [3.8, 4) is 0 Å². The van der Waals surface area contributed by atoms with Crippen molar-refractivity contribution < 1.29 is 9.53 Å². The fraction of sp³-hybridized carbons (Fsp3) is 0.500. The predicted molar refractivity (Wildman–Crippen MR) is 76.0 cm³/mol.